The Morgan fingerprint density at radius 3 is 2.75 bits per heavy atom. The molecule has 0 amide bonds. The number of aliphatic hydroxyl groups is 1. The molecule has 0 rings (SSSR count). The first kappa shape index (κ1) is 7.85. The largest absolute Gasteiger partial charge is 0.395 e. The number of hydrogen-bond donors (Lipinski definition) is 2. The molecule has 0 aromatic carbocycles. The van der Waals surface area contributed by atoms with E-state index < -0.39 is 0 Å². The zero-order valence-corrected chi connectivity index (χ0v) is 5.02. The molecule has 2 N–H and O–H groups in total. The normalized spacial score (nSPS) is 13.9. The molecule has 3 heteroatoms. The topological polar surface area (TPSA) is 32.3 Å². The predicted octanol–water partition coefficient (Wildman–Crippen LogP) is -0.0737. The highest BCUT2D eigenvalue weighted by molar-refractivity contribution is 4.55. The Hall–Kier alpha value is -0.150. The minimum atomic E-state index is -0.371. The zero-order valence-electron chi connectivity index (χ0n) is 5.02. The summed E-state index contributed by atoms with van der Waals surface area (Å²) in [5.41, 5.74) is 0. The van der Waals surface area contributed by atoms with E-state index in [2.05, 4.69) is 5.32 Å². The highest BCUT2D eigenvalue weighted by atomic mass is 19.1. The Kier molecular flexibility index (Phi) is 4.90. The van der Waals surface area contributed by atoms with Crippen molar-refractivity contribution in [2.24, 2.45) is 0 Å². The van der Waals surface area contributed by atoms with Crippen LogP contribution in [0.15, 0.2) is 0 Å². The van der Waals surface area contributed by atoms with Gasteiger partial charge in [-0.1, -0.05) is 0 Å². The van der Waals surface area contributed by atoms with Crippen LogP contribution in [0.4, 0.5) is 4.39 Å². The third-order valence-electron chi connectivity index (χ3n) is 0.861. The highest BCUT2D eigenvalue weighted by Gasteiger charge is 1.94. The first-order chi connectivity index (χ1) is 3.81. The lowest BCUT2D eigenvalue weighted by molar-refractivity contribution is 0.249. The number of alkyl halides is 1. The van der Waals surface area contributed by atoms with Crippen molar-refractivity contribution in [3.05, 3.63) is 0 Å². The molecule has 0 aromatic heterocycles. The van der Waals surface area contributed by atoms with Gasteiger partial charge in [-0.3, -0.25) is 0 Å². The van der Waals surface area contributed by atoms with E-state index >= 15 is 0 Å². The van der Waals surface area contributed by atoms with Crippen molar-refractivity contribution in [3.63, 3.8) is 0 Å². The van der Waals surface area contributed by atoms with Gasteiger partial charge in [0.2, 0.25) is 0 Å². The minimum absolute atomic E-state index is 0.0192. The van der Waals surface area contributed by atoms with E-state index in [0.29, 0.717) is 6.54 Å². The SMILES string of the molecule is CC(CO)NCCF. The molecule has 2 nitrogen and oxygen atoms in total. The Morgan fingerprint density at radius 2 is 2.38 bits per heavy atom. The van der Waals surface area contributed by atoms with Crippen molar-refractivity contribution < 1.29 is 9.50 Å². The molecule has 0 fully saturated rings. The fraction of sp³-hybridized carbons (Fsp3) is 1.00. The van der Waals surface area contributed by atoms with E-state index in [4.69, 9.17) is 5.11 Å². The summed E-state index contributed by atoms with van der Waals surface area (Å²) in [6.45, 7) is 1.84. The molecule has 0 aliphatic carbocycles. The second-order valence-corrected chi connectivity index (χ2v) is 1.73. The second-order valence-electron chi connectivity index (χ2n) is 1.73. The summed E-state index contributed by atoms with van der Waals surface area (Å²) in [5, 5.41) is 11.1. The summed E-state index contributed by atoms with van der Waals surface area (Å²) >= 11 is 0. The Morgan fingerprint density at radius 1 is 1.75 bits per heavy atom. The smallest absolute Gasteiger partial charge is 0.102 e. The maximum atomic E-state index is 11.3. The van der Waals surface area contributed by atoms with Gasteiger partial charge in [0.05, 0.1) is 6.61 Å². The van der Waals surface area contributed by atoms with Gasteiger partial charge in [-0.2, -0.15) is 0 Å². The third kappa shape index (κ3) is 4.02. The molecule has 0 saturated carbocycles. The average Bonchev–Trinajstić information content (AvgIpc) is 1.83. The van der Waals surface area contributed by atoms with Crippen molar-refractivity contribution in [1.29, 1.82) is 0 Å². The van der Waals surface area contributed by atoms with Crippen LogP contribution in [0.3, 0.4) is 0 Å². The van der Waals surface area contributed by atoms with Gasteiger partial charge in [0.15, 0.2) is 0 Å². The van der Waals surface area contributed by atoms with Gasteiger partial charge in [-0.05, 0) is 6.92 Å². The van der Waals surface area contributed by atoms with Gasteiger partial charge >= 0.3 is 0 Å². The van der Waals surface area contributed by atoms with Crippen LogP contribution in [0.5, 0.6) is 0 Å². The van der Waals surface area contributed by atoms with E-state index in [0.717, 1.165) is 0 Å². The van der Waals surface area contributed by atoms with Crippen molar-refractivity contribution in [3.8, 4) is 0 Å². The lowest BCUT2D eigenvalue weighted by atomic mass is 10.4. The maximum absolute atomic E-state index is 11.3. The van der Waals surface area contributed by atoms with Crippen molar-refractivity contribution >= 4 is 0 Å². The van der Waals surface area contributed by atoms with Gasteiger partial charge in [-0.25, -0.2) is 4.39 Å². The van der Waals surface area contributed by atoms with Crippen LogP contribution in [0.1, 0.15) is 6.92 Å². The van der Waals surface area contributed by atoms with Gasteiger partial charge in [0.1, 0.15) is 6.67 Å². The van der Waals surface area contributed by atoms with E-state index in [1.165, 1.54) is 0 Å². The average molecular weight is 121 g/mol. The monoisotopic (exact) mass is 121 g/mol. The maximum Gasteiger partial charge on any atom is 0.102 e. The predicted molar refractivity (Wildman–Crippen MR) is 30.5 cm³/mol. The standard InChI is InChI=1S/C5H12FNO/c1-5(4-8)7-3-2-6/h5,7-8H,2-4H2,1H3. The van der Waals surface area contributed by atoms with Crippen molar-refractivity contribution in [1.82, 2.24) is 5.32 Å². The fourth-order valence-corrected chi connectivity index (χ4v) is 0.366. The minimum Gasteiger partial charge on any atom is -0.395 e. The van der Waals surface area contributed by atoms with Crippen LogP contribution >= 0.6 is 0 Å². The first-order valence-corrected chi connectivity index (χ1v) is 2.71. The molecule has 0 aromatic rings. The molecule has 0 radical (unpaired) electrons. The van der Waals surface area contributed by atoms with Gasteiger partial charge in [0, 0.05) is 12.6 Å². The van der Waals surface area contributed by atoms with E-state index in [-0.39, 0.29) is 19.3 Å². The van der Waals surface area contributed by atoms with Crippen LogP contribution in [0.25, 0.3) is 0 Å². The van der Waals surface area contributed by atoms with Crippen molar-refractivity contribution in [2.45, 2.75) is 13.0 Å². The summed E-state index contributed by atoms with van der Waals surface area (Å²) in [4.78, 5) is 0. The number of rotatable bonds is 4. The molecular formula is C5H12FNO. The van der Waals surface area contributed by atoms with E-state index in [1.54, 1.807) is 6.92 Å². The molecule has 0 bridgehead atoms. The molecule has 0 aliphatic heterocycles. The van der Waals surface area contributed by atoms with Crippen LogP contribution in [0, 0.1) is 0 Å². The summed E-state index contributed by atoms with van der Waals surface area (Å²) in [6, 6.07) is 0.0192. The van der Waals surface area contributed by atoms with Gasteiger partial charge in [-0.15, -0.1) is 0 Å². The lowest BCUT2D eigenvalue weighted by Gasteiger charge is -2.06. The Labute approximate surface area is 48.7 Å². The summed E-state index contributed by atoms with van der Waals surface area (Å²) in [5.74, 6) is 0. The lowest BCUT2D eigenvalue weighted by Crippen LogP contribution is -2.30. The molecule has 0 heterocycles. The zero-order chi connectivity index (χ0) is 6.41. The number of halogens is 1. The van der Waals surface area contributed by atoms with Crippen LogP contribution in [-0.2, 0) is 0 Å². The molecule has 1 atom stereocenters. The molecule has 8 heavy (non-hydrogen) atoms. The van der Waals surface area contributed by atoms with Gasteiger partial charge < -0.3 is 10.4 Å². The Balaban J connectivity index is 2.86. The molecule has 0 aliphatic rings. The molecule has 1 unspecified atom stereocenters. The Bertz CT molecular complexity index is 51.7. The first-order valence-electron chi connectivity index (χ1n) is 2.71. The van der Waals surface area contributed by atoms with Gasteiger partial charge in [0.25, 0.3) is 0 Å². The van der Waals surface area contributed by atoms with E-state index in [1.807, 2.05) is 0 Å². The van der Waals surface area contributed by atoms with E-state index in [9.17, 15) is 4.39 Å². The number of aliphatic hydroxyl groups excluding tert-OH is 1. The summed E-state index contributed by atoms with van der Waals surface area (Å²) in [7, 11) is 0. The van der Waals surface area contributed by atoms with Crippen molar-refractivity contribution in [2.75, 3.05) is 19.8 Å². The van der Waals surface area contributed by atoms with Crippen LogP contribution < -0.4 is 5.32 Å². The summed E-state index contributed by atoms with van der Waals surface area (Å²) < 4.78 is 11.3. The second kappa shape index (κ2) is 5.00. The molecular weight excluding hydrogens is 109 g/mol. The van der Waals surface area contributed by atoms with Crippen LogP contribution in [-0.4, -0.2) is 31.0 Å². The molecule has 0 spiro atoms. The fourth-order valence-electron chi connectivity index (χ4n) is 0.366. The quantitative estimate of drug-likeness (QED) is 0.545. The number of hydrogen-bond acceptors (Lipinski definition) is 2. The molecule has 50 valence electrons. The number of nitrogens with one attached hydrogen (secondary N) is 1. The van der Waals surface area contributed by atoms with Crippen LogP contribution in [0.2, 0.25) is 0 Å². The highest BCUT2D eigenvalue weighted by Crippen LogP contribution is 1.75. The third-order valence-corrected chi connectivity index (χ3v) is 0.861. The summed E-state index contributed by atoms with van der Waals surface area (Å²) in [6.07, 6.45) is 0. The molecule has 0 saturated heterocycles.